The minimum absolute atomic E-state index is 0.395. The number of halogens is 1. The first-order chi connectivity index (χ1) is 8.20. The fourth-order valence-corrected chi connectivity index (χ4v) is 2.83. The minimum Gasteiger partial charge on any atom is -0.294 e. The number of hydroxylamine groups is 2. The maximum absolute atomic E-state index is 6.01. The Morgan fingerprint density at radius 2 is 2.06 bits per heavy atom. The number of hydrogen-bond acceptors (Lipinski definition) is 2. The van der Waals surface area contributed by atoms with Crippen LogP contribution < -0.4 is 0 Å². The summed E-state index contributed by atoms with van der Waals surface area (Å²) in [6, 6.07) is 11.1. The molecule has 0 spiro atoms. The molecule has 0 radical (unpaired) electrons. The van der Waals surface area contributed by atoms with Crippen LogP contribution in [0.3, 0.4) is 0 Å². The Balaban J connectivity index is 2.03. The number of benzene rings is 1. The zero-order chi connectivity index (χ0) is 12.3. The summed E-state index contributed by atoms with van der Waals surface area (Å²) in [5, 5.41) is 2.18. The van der Waals surface area contributed by atoms with Crippen LogP contribution >= 0.6 is 22.6 Å². The second-order valence-electron chi connectivity index (χ2n) is 4.99. The van der Waals surface area contributed by atoms with Gasteiger partial charge in [-0.2, -0.15) is 5.06 Å². The summed E-state index contributed by atoms with van der Waals surface area (Å²) in [6.45, 7) is 5.46. The lowest BCUT2D eigenvalue weighted by molar-refractivity contribution is -0.169. The topological polar surface area (TPSA) is 12.5 Å². The Morgan fingerprint density at radius 3 is 2.65 bits per heavy atom. The van der Waals surface area contributed by atoms with Crippen molar-refractivity contribution in [1.29, 1.82) is 0 Å². The minimum atomic E-state index is 0.395. The molecule has 1 aliphatic heterocycles. The molecule has 1 heterocycles. The molecule has 0 amide bonds. The summed E-state index contributed by atoms with van der Waals surface area (Å²) in [6.07, 6.45) is 1.56. The fourth-order valence-electron chi connectivity index (χ4n) is 2.31. The lowest BCUT2D eigenvalue weighted by atomic mass is 9.99. The Bertz CT molecular complexity index is 341. The fraction of sp³-hybridized carbons (Fsp3) is 0.571. The molecule has 2 rings (SSSR count). The van der Waals surface area contributed by atoms with Crippen molar-refractivity contribution in [2.45, 2.75) is 39.0 Å². The number of alkyl halides is 1. The molecular weight excluding hydrogens is 325 g/mol. The SMILES string of the molecule is CC(C)[C@H]1C[C@@H](CI)ON1Cc1ccccc1. The molecule has 0 aliphatic carbocycles. The van der Waals surface area contributed by atoms with Crippen LogP contribution in [0.25, 0.3) is 0 Å². The van der Waals surface area contributed by atoms with Crippen molar-refractivity contribution in [2.24, 2.45) is 5.92 Å². The third kappa shape index (κ3) is 3.42. The molecule has 0 aromatic heterocycles. The molecule has 1 aliphatic rings. The first-order valence-electron chi connectivity index (χ1n) is 6.24. The van der Waals surface area contributed by atoms with Gasteiger partial charge in [0.05, 0.1) is 6.10 Å². The maximum Gasteiger partial charge on any atom is 0.0898 e. The van der Waals surface area contributed by atoms with Gasteiger partial charge >= 0.3 is 0 Å². The highest BCUT2D eigenvalue weighted by molar-refractivity contribution is 14.1. The predicted octanol–water partition coefficient (Wildman–Crippen LogP) is 3.65. The third-order valence-electron chi connectivity index (χ3n) is 3.28. The Kier molecular flexibility index (Phi) is 4.82. The van der Waals surface area contributed by atoms with Crippen LogP contribution in [-0.2, 0) is 11.4 Å². The standard InChI is InChI=1S/C14H20INO/c1-11(2)14-8-13(9-15)17-16(14)10-12-6-4-3-5-7-12/h3-7,11,13-14H,8-10H2,1-2H3/t13-,14+/m0/s1. The zero-order valence-electron chi connectivity index (χ0n) is 10.5. The van der Waals surface area contributed by atoms with Gasteiger partial charge in [0.2, 0.25) is 0 Å². The van der Waals surface area contributed by atoms with Crippen molar-refractivity contribution in [2.75, 3.05) is 4.43 Å². The molecule has 94 valence electrons. The van der Waals surface area contributed by atoms with Gasteiger partial charge in [0.25, 0.3) is 0 Å². The largest absolute Gasteiger partial charge is 0.294 e. The lowest BCUT2D eigenvalue weighted by Gasteiger charge is -2.25. The molecule has 2 nitrogen and oxygen atoms in total. The zero-order valence-corrected chi connectivity index (χ0v) is 12.6. The van der Waals surface area contributed by atoms with Crippen LogP contribution in [0, 0.1) is 5.92 Å². The quantitative estimate of drug-likeness (QED) is 0.610. The smallest absolute Gasteiger partial charge is 0.0898 e. The summed E-state index contributed by atoms with van der Waals surface area (Å²) in [5.74, 6) is 0.645. The van der Waals surface area contributed by atoms with Crippen molar-refractivity contribution in [1.82, 2.24) is 5.06 Å². The highest BCUT2D eigenvalue weighted by Crippen LogP contribution is 2.29. The van der Waals surface area contributed by atoms with Gasteiger partial charge in [-0.05, 0) is 17.9 Å². The van der Waals surface area contributed by atoms with Crippen LogP contribution in [0.15, 0.2) is 30.3 Å². The van der Waals surface area contributed by atoms with Gasteiger partial charge in [-0.1, -0.05) is 66.8 Å². The molecule has 0 saturated carbocycles. The molecule has 0 unspecified atom stereocenters. The van der Waals surface area contributed by atoms with Crippen LogP contribution in [0.4, 0.5) is 0 Å². The van der Waals surface area contributed by atoms with Crippen LogP contribution in [-0.4, -0.2) is 21.6 Å². The van der Waals surface area contributed by atoms with E-state index in [4.69, 9.17) is 4.84 Å². The number of rotatable bonds is 4. The summed E-state index contributed by atoms with van der Waals surface area (Å²) in [4.78, 5) is 6.01. The van der Waals surface area contributed by atoms with Gasteiger partial charge in [-0.15, -0.1) is 0 Å². The van der Waals surface area contributed by atoms with Crippen molar-refractivity contribution >= 4 is 22.6 Å². The van der Waals surface area contributed by atoms with Crippen LogP contribution in [0.5, 0.6) is 0 Å². The van der Waals surface area contributed by atoms with Crippen LogP contribution in [0.2, 0.25) is 0 Å². The third-order valence-corrected chi connectivity index (χ3v) is 4.26. The Labute approximate surface area is 117 Å². The van der Waals surface area contributed by atoms with Gasteiger partial charge < -0.3 is 0 Å². The Morgan fingerprint density at radius 1 is 1.35 bits per heavy atom. The van der Waals surface area contributed by atoms with E-state index in [1.807, 2.05) is 0 Å². The number of hydrogen-bond donors (Lipinski definition) is 0. The van der Waals surface area contributed by atoms with Gasteiger partial charge in [0, 0.05) is 17.0 Å². The highest BCUT2D eigenvalue weighted by Gasteiger charge is 2.34. The Hall–Kier alpha value is -0.130. The summed E-state index contributed by atoms with van der Waals surface area (Å²) in [5.41, 5.74) is 1.33. The van der Waals surface area contributed by atoms with Crippen LogP contribution in [0.1, 0.15) is 25.8 Å². The molecule has 2 atom stereocenters. The molecule has 0 N–H and O–H groups in total. The van der Waals surface area contributed by atoms with Gasteiger partial charge in [-0.25, -0.2) is 0 Å². The molecule has 0 bridgehead atoms. The van der Waals surface area contributed by atoms with Crippen molar-refractivity contribution in [3.63, 3.8) is 0 Å². The monoisotopic (exact) mass is 345 g/mol. The van der Waals surface area contributed by atoms with Gasteiger partial charge in [0.1, 0.15) is 0 Å². The lowest BCUT2D eigenvalue weighted by Crippen LogP contribution is -2.31. The van der Waals surface area contributed by atoms with Crippen molar-refractivity contribution < 1.29 is 4.84 Å². The molecule has 3 heteroatoms. The summed E-state index contributed by atoms with van der Waals surface area (Å²) >= 11 is 2.41. The average molecular weight is 345 g/mol. The van der Waals surface area contributed by atoms with E-state index in [0.29, 0.717) is 18.1 Å². The second kappa shape index (κ2) is 6.16. The van der Waals surface area contributed by atoms with E-state index in [1.54, 1.807) is 0 Å². The van der Waals surface area contributed by atoms with E-state index in [0.717, 1.165) is 17.4 Å². The van der Waals surface area contributed by atoms with E-state index >= 15 is 0 Å². The highest BCUT2D eigenvalue weighted by atomic mass is 127. The predicted molar refractivity (Wildman–Crippen MR) is 79.0 cm³/mol. The first kappa shape index (κ1) is 13.3. The molecule has 1 aromatic rings. The second-order valence-corrected chi connectivity index (χ2v) is 5.87. The molecule has 1 saturated heterocycles. The normalized spacial score (nSPS) is 25.6. The maximum atomic E-state index is 6.01. The van der Waals surface area contributed by atoms with Crippen molar-refractivity contribution in [3.8, 4) is 0 Å². The molecule has 1 fully saturated rings. The first-order valence-corrected chi connectivity index (χ1v) is 7.76. The summed E-state index contributed by atoms with van der Waals surface area (Å²) in [7, 11) is 0. The van der Waals surface area contributed by atoms with E-state index in [9.17, 15) is 0 Å². The van der Waals surface area contributed by atoms with Gasteiger partial charge in [0.15, 0.2) is 0 Å². The van der Waals surface area contributed by atoms with E-state index in [-0.39, 0.29) is 0 Å². The number of nitrogens with zero attached hydrogens (tertiary/aromatic N) is 1. The summed E-state index contributed by atoms with van der Waals surface area (Å²) < 4.78 is 1.08. The van der Waals surface area contributed by atoms with E-state index < -0.39 is 0 Å². The molecule has 1 aromatic carbocycles. The van der Waals surface area contributed by atoms with E-state index in [2.05, 4.69) is 71.8 Å². The average Bonchev–Trinajstić information content (AvgIpc) is 2.74. The van der Waals surface area contributed by atoms with E-state index in [1.165, 1.54) is 5.56 Å². The molecule has 17 heavy (non-hydrogen) atoms. The van der Waals surface area contributed by atoms with Gasteiger partial charge in [-0.3, -0.25) is 4.84 Å². The van der Waals surface area contributed by atoms with Crippen molar-refractivity contribution in [3.05, 3.63) is 35.9 Å². The molecular formula is C14H20INO.